The molecule has 6 heteroatoms. The first-order valence-electron chi connectivity index (χ1n) is 5.01. The second-order valence-corrected chi connectivity index (χ2v) is 3.73. The van der Waals surface area contributed by atoms with E-state index in [9.17, 15) is 0 Å². The van der Waals surface area contributed by atoms with Crippen LogP contribution in [0.25, 0.3) is 0 Å². The largest absolute Gasteiger partial charge is 1.00 e. The molecule has 1 aromatic heterocycles. The summed E-state index contributed by atoms with van der Waals surface area (Å²) in [5.41, 5.74) is 2.68. The molecule has 0 amide bonds. The summed E-state index contributed by atoms with van der Waals surface area (Å²) >= 11 is 0. The number of piperazine rings is 1. The standard InChI is InChI=1S/C10H15N3.3ClH/c1-9-8-10(2-3-12-9)13-6-4-11-5-7-13;;;/h2-3,8,11H,4-7H2,1H3;3*1H. The average Bonchev–Trinajstić information content (AvgIpc) is 2.19. The van der Waals surface area contributed by atoms with Crippen LogP contribution in [0.15, 0.2) is 18.3 Å². The normalized spacial score (nSPS) is 15.3. The summed E-state index contributed by atoms with van der Waals surface area (Å²) in [7, 11) is 0. The Balaban J connectivity index is 0. The maximum absolute atomic E-state index is 3.19. The number of H-pyrrole nitrogens is 1. The molecule has 0 unspecified atom stereocenters. The third-order valence-electron chi connectivity index (χ3n) is 2.65. The van der Waals surface area contributed by atoms with Crippen LogP contribution in [0.5, 0.6) is 0 Å². The molecular weight excluding hydrogens is 268 g/mol. The number of hydrogen-bond donors (Lipinski definition) is 2. The first-order valence-corrected chi connectivity index (χ1v) is 5.01. The summed E-state index contributed by atoms with van der Waals surface area (Å²) in [5.74, 6) is 0. The molecule has 94 valence electrons. The number of halogens is 3. The van der Waals surface area contributed by atoms with Gasteiger partial charge in [0.1, 0.15) is 31.9 Å². The summed E-state index contributed by atoms with van der Waals surface area (Å²) in [6, 6.07) is 4.44. The van der Waals surface area contributed by atoms with Gasteiger partial charge in [-0.05, 0) is 0 Å². The van der Waals surface area contributed by atoms with Gasteiger partial charge in [-0.2, -0.15) is 0 Å². The van der Waals surface area contributed by atoms with Gasteiger partial charge in [-0.1, -0.05) is 0 Å². The molecule has 0 bridgehead atoms. The fourth-order valence-corrected chi connectivity index (χ4v) is 1.92. The van der Waals surface area contributed by atoms with E-state index in [1.165, 1.54) is 37.6 Å². The van der Waals surface area contributed by atoms with Crippen molar-refractivity contribution >= 4 is 5.69 Å². The van der Waals surface area contributed by atoms with Crippen LogP contribution in [0.2, 0.25) is 0 Å². The van der Waals surface area contributed by atoms with Crippen molar-refractivity contribution in [2.24, 2.45) is 0 Å². The lowest BCUT2D eigenvalue weighted by molar-refractivity contribution is -0.895. The van der Waals surface area contributed by atoms with Crippen molar-refractivity contribution < 1.29 is 52.4 Å². The van der Waals surface area contributed by atoms with E-state index >= 15 is 0 Å². The van der Waals surface area contributed by atoms with E-state index in [1.54, 1.807) is 4.90 Å². The Morgan fingerprint density at radius 3 is 2.38 bits per heavy atom. The molecule has 2 heterocycles. The third-order valence-corrected chi connectivity index (χ3v) is 2.65. The maximum atomic E-state index is 3.19. The van der Waals surface area contributed by atoms with Gasteiger partial charge in [-0.3, -0.25) is 4.90 Å². The molecule has 1 fully saturated rings. The molecule has 1 aromatic rings. The van der Waals surface area contributed by atoms with Crippen molar-refractivity contribution in [3.8, 4) is 0 Å². The second-order valence-electron chi connectivity index (χ2n) is 3.73. The highest BCUT2D eigenvalue weighted by Crippen LogP contribution is 1.97. The zero-order valence-electron chi connectivity index (χ0n) is 9.27. The van der Waals surface area contributed by atoms with Gasteiger partial charge in [0.15, 0.2) is 11.9 Å². The van der Waals surface area contributed by atoms with Gasteiger partial charge in [0.05, 0.1) is 12.1 Å². The van der Waals surface area contributed by atoms with E-state index in [-0.39, 0.29) is 37.2 Å². The smallest absolute Gasteiger partial charge is 0.182 e. The van der Waals surface area contributed by atoms with Crippen LogP contribution in [-0.2, 0) is 0 Å². The minimum absolute atomic E-state index is 0. The first kappa shape index (κ1) is 18.3. The number of nitrogens with one attached hydrogen (secondary N) is 2. The minimum Gasteiger partial charge on any atom is -1.00 e. The fraction of sp³-hybridized carbons (Fsp3) is 0.500. The highest BCUT2D eigenvalue weighted by molar-refractivity contribution is 5.26. The number of rotatable bonds is 1. The molecule has 0 saturated carbocycles. The van der Waals surface area contributed by atoms with Crippen molar-refractivity contribution in [2.75, 3.05) is 26.2 Å². The molecule has 4 N–H and O–H groups in total. The number of nitrogens with two attached hydrogens (primary N) is 1. The molecule has 0 aromatic carbocycles. The molecule has 1 saturated heterocycles. The SMILES string of the molecule is Cc1cc([NH+]2CC[NH2+]CC2)cc[nH+]1.[Cl-].[Cl-].[Cl-]. The van der Waals surface area contributed by atoms with Gasteiger partial charge in [0.2, 0.25) is 0 Å². The Morgan fingerprint density at radius 1 is 1.19 bits per heavy atom. The molecular formula is C10H18Cl3N3. The lowest BCUT2D eigenvalue weighted by Crippen LogP contribution is -3.17. The van der Waals surface area contributed by atoms with Gasteiger partial charge >= 0.3 is 0 Å². The monoisotopic (exact) mass is 285 g/mol. The molecule has 16 heavy (non-hydrogen) atoms. The second kappa shape index (κ2) is 9.02. The highest BCUT2D eigenvalue weighted by atomic mass is 35.5. The number of quaternary nitrogens is 2. The van der Waals surface area contributed by atoms with Gasteiger partial charge in [0, 0.05) is 6.92 Å². The van der Waals surface area contributed by atoms with Crippen LogP contribution in [-0.4, -0.2) is 26.2 Å². The van der Waals surface area contributed by atoms with Gasteiger partial charge in [-0.15, -0.1) is 0 Å². The fourth-order valence-electron chi connectivity index (χ4n) is 1.92. The molecule has 0 atom stereocenters. The molecule has 0 aliphatic carbocycles. The minimum atomic E-state index is 0. The molecule has 3 nitrogen and oxygen atoms in total. The van der Waals surface area contributed by atoms with E-state index in [1.807, 2.05) is 6.20 Å². The average molecular weight is 287 g/mol. The van der Waals surface area contributed by atoms with Gasteiger partial charge < -0.3 is 42.5 Å². The highest BCUT2D eigenvalue weighted by Gasteiger charge is 2.18. The topological polar surface area (TPSA) is 35.2 Å². The van der Waals surface area contributed by atoms with Gasteiger partial charge in [-0.25, -0.2) is 4.98 Å². The van der Waals surface area contributed by atoms with Crippen LogP contribution in [0, 0.1) is 6.92 Å². The van der Waals surface area contributed by atoms with Crippen LogP contribution < -0.4 is 52.4 Å². The Hall–Kier alpha value is -0.0600. The number of aromatic nitrogens is 1. The molecule has 0 radical (unpaired) electrons. The first-order chi connectivity index (χ1) is 6.36. The maximum Gasteiger partial charge on any atom is 0.182 e. The molecule has 1 aliphatic rings. The quantitative estimate of drug-likeness (QED) is 0.514. The Bertz CT molecular complexity index is 290. The van der Waals surface area contributed by atoms with Crippen LogP contribution >= 0.6 is 0 Å². The van der Waals surface area contributed by atoms with E-state index in [4.69, 9.17) is 0 Å². The Morgan fingerprint density at radius 2 is 1.81 bits per heavy atom. The molecule has 1 aliphatic heterocycles. The lowest BCUT2D eigenvalue weighted by atomic mass is 10.2. The van der Waals surface area contributed by atoms with Crippen LogP contribution in [0.3, 0.4) is 0 Å². The van der Waals surface area contributed by atoms with Crippen molar-refractivity contribution in [1.29, 1.82) is 0 Å². The zero-order chi connectivity index (χ0) is 9.10. The summed E-state index contributed by atoms with van der Waals surface area (Å²) in [6.45, 7) is 7.13. The predicted octanol–water partition coefficient (Wildman–Crippen LogP) is -11.1. The lowest BCUT2D eigenvalue weighted by Gasteiger charge is -2.20. The van der Waals surface area contributed by atoms with E-state index in [0.29, 0.717) is 0 Å². The Kier molecular flexibility index (Phi) is 10.3. The number of aryl methyl sites for hydroxylation is 1. The van der Waals surface area contributed by atoms with Crippen LogP contribution in [0.1, 0.15) is 5.69 Å². The van der Waals surface area contributed by atoms with Gasteiger partial charge in [0.25, 0.3) is 0 Å². The van der Waals surface area contributed by atoms with Crippen LogP contribution in [0.4, 0.5) is 5.69 Å². The molecule has 2 rings (SSSR count). The van der Waals surface area contributed by atoms with Crippen molar-refractivity contribution in [3.05, 3.63) is 24.0 Å². The Labute approximate surface area is 115 Å². The number of aromatic amines is 1. The van der Waals surface area contributed by atoms with Crippen molar-refractivity contribution in [1.82, 2.24) is 0 Å². The zero-order valence-corrected chi connectivity index (χ0v) is 11.5. The number of hydrogen-bond acceptors (Lipinski definition) is 0. The van der Waals surface area contributed by atoms with Crippen molar-refractivity contribution in [3.63, 3.8) is 0 Å². The molecule has 0 spiro atoms. The summed E-state index contributed by atoms with van der Waals surface area (Å²) in [5, 5.41) is 2.39. The van der Waals surface area contributed by atoms with E-state index in [2.05, 4.69) is 29.4 Å². The predicted molar refractivity (Wildman–Crippen MR) is 49.8 cm³/mol. The summed E-state index contributed by atoms with van der Waals surface area (Å²) in [6.07, 6.45) is 2.04. The number of pyridine rings is 1. The van der Waals surface area contributed by atoms with E-state index in [0.717, 1.165) is 0 Å². The summed E-state index contributed by atoms with van der Waals surface area (Å²) < 4.78 is 0. The third kappa shape index (κ3) is 4.85. The van der Waals surface area contributed by atoms with E-state index < -0.39 is 0 Å². The summed E-state index contributed by atoms with van der Waals surface area (Å²) in [4.78, 5) is 4.81. The van der Waals surface area contributed by atoms with Crippen molar-refractivity contribution in [2.45, 2.75) is 6.92 Å².